The lowest BCUT2D eigenvalue weighted by Gasteiger charge is -2.21. The number of allylic oxidation sites excluding steroid dienone is 2. The highest BCUT2D eigenvalue weighted by Crippen LogP contribution is 2.36. The van der Waals surface area contributed by atoms with Crippen LogP contribution in [0.15, 0.2) is 54.6 Å². The van der Waals surface area contributed by atoms with E-state index in [9.17, 15) is 14.4 Å². The molecule has 5 nitrogen and oxygen atoms in total. The fraction of sp³-hybridized carbons (Fsp3) is 0.318. The first-order valence-electron chi connectivity index (χ1n) is 9.23. The van der Waals surface area contributed by atoms with Crippen LogP contribution in [-0.4, -0.2) is 28.7 Å². The van der Waals surface area contributed by atoms with Gasteiger partial charge < -0.3 is 4.74 Å². The van der Waals surface area contributed by atoms with Gasteiger partial charge in [-0.2, -0.15) is 0 Å². The number of hydrogen-bond donors (Lipinski definition) is 0. The fourth-order valence-electron chi connectivity index (χ4n) is 4.00. The van der Waals surface area contributed by atoms with Crippen molar-refractivity contribution in [3.8, 4) is 0 Å². The third-order valence-corrected chi connectivity index (χ3v) is 5.52. The predicted octanol–water partition coefficient (Wildman–Crippen LogP) is 3.22. The van der Waals surface area contributed by atoms with Crippen molar-refractivity contribution >= 4 is 28.6 Å². The second kappa shape index (κ2) is 6.99. The number of carbonyl (C=O) groups excluding carboxylic acids is 3. The molecule has 1 aliphatic carbocycles. The van der Waals surface area contributed by atoms with E-state index >= 15 is 0 Å². The molecule has 3 atom stereocenters. The Morgan fingerprint density at radius 2 is 1.67 bits per heavy atom. The zero-order chi connectivity index (χ0) is 19.0. The maximum Gasteiger partial charge on any atom is 0.329 e. The van der Waals surface area contributed by atoms with Crippen molar-refractivity contribution in [3.63, 3.8) is 0 Å². The maximum atomic E-state index is 12.6. The van der Waals surface area contributed by atoms with Crippen molar-refractivity contribution < 1.29 is 19.1 Å². The Hall–Kier alpha value is -2.95. The molecule has 27 heavy (non-hydrogen) atoms. The highest BCUT2D eigenvalue weighted by molar-refractivity contribution is 6.08. The number of imide groups is 1. The molecule has 2 aliphatic rings. The van der Waals surface area contributed by atoms with Crippen LogP contribution in [-0.2, 0) is 25.7 Å². The standard InChI is InChI=1S/C22H21NO4/c1-14(23-20(24)18-11-4-5-12-19(18)21(23)25)22(26)27-13-16-9-6-8-15-7-2-3-10-17(15)16/h2-10,14,18-19H,11-13H2,1H3/t14-,18+,19+/m0/s1. The van der Waals surface area contributed by atoms with Gasteiger partial charge in [0.05, 0.1) is 11.8 Å². The molecule has 0 saturated carbocycles. The molecule has 0 N–H and O–H groups in total. The summed E-state index contributed by atoms with van der Waals surface area (Å²) in [5.74, 6) is -1.75. The average Bonchev–Trinajstić information content (AvgIpc) is 2.96. The Morgan fingerprint density at radius 1 is 1.04 bits per heavy atom. The van der Waals surface area contributed by atoms with E-state index in [4.69, 9.17) is 4.74 Å². The molecule has 0 unspecified atom stereocenters. The molecule has 2 aromatic carbocycles. The number of hydrogen-bond acceptors (Lipinski definition) is 4. The minimum absolute atomic E-state index is 0.106. The molecule has 1 fully saturated rings. The van der Waals surface area contributed by atoms with Crippen molar-refractivity contribution in [1.82, 2.24) is 4.90 Å². The Morgan fingerprint density at radius 3 is 2.37 bits per heavy atom. The molecule has 0 radical (unpaired) electrons. The number of rotatable bonds is 4. The van der Waals surface area contributed by atoms with E-state index in [0.29, 0.717) is 12.8 Å². The second-order valence-corrected chi connectivity index (χ2v) is 7.12. The molecule has 0 bridgehead atoms. The molecule has 1 aliphatic heterocycles. The van der Waals surface area contributed by atoms with E-state index in [-0.39, 0.29) is 30.3 Å². The summed E-state index contributed by atoms with van der Waals surface area (Å²) in [4.78, 5) is 38.9. The molecule has 2 amide bonds. The lowest BCUT2D eigenvalue weighted by Crippen LogP contribution is -2.44. The highest BCUT2D eigenvalue weighted by atomic mass is 16.5. The van der Waals surface area contributed by atoms with E-state index in [1.807, 2.05) is 54.6 Å². The SMILES string of the molecule is C[C@@H](C(=O)OCc1cccc2ccccc12)N1C(=O)[C@@H]2CC=CC[C@H]2C1=O. The first-order chi connectivity index (χ1) is 13.1. The average molecular weight is 363 g/mol. The predicted molar refractivity (Wildman–Crippen MR) is 100 cm³/mol. The van der Waals surface area contributed by atoms with Gasteiger partial charge in [-0.25, -0.2) is 4.79 Å². The van der Waals surface area contributed by atoms with Crippen LogP contribution in [0, 0.1) is 11.8 Å². The molecule has 2 aromatic rings. The van der Waals surface area contributed by atoms with E-state index in [1.54, 1.807) is 6.92 Å². The topological polar surface area (TPSA) is 63.7 Å². The van der Waals surface area contributed by atoms with Gasteiger partial charge in [0.2, 0.25) is 11.8 Å². The minimum Gasteiger partial charge on any atom is -0.459 e. The lowest BCUT2D eigenvalue weighted by molar-refractivity contribution is -0.159. The molecule has 0 aromatic heterocycles. The number of nitrogens with zero attached hydrogens (tertiary/aromatic N) is 1. The Balaban J connectivity index is 1.47. The van der Waals surface area contributed by atoms with Gasteiger partial charge in [0.15, 0.2) is 0 Å². The molecule has 1 saturated heterocycles. The van der Waals surface area contributed by atoms with Crippen molar-refractivity contribution in [1.29, 1.82) is 0 Å². The summed E-state index contributed by atoms with van der Waals surface area (Å²) in [6, 6.07) is 12.8. The first-order valence-corrected chi connectivity index (χ1v) is 9.23. The second-order valence-electron chi connectivity index (χ2n) is 7.12. The van der Waals surface area contributed by atoms with Crippen LogP contribution in [0.2, 0.25) is 0 Å². The van der Waals surface area contributed by atoms with E-state index in [2.05, 4.69) is 0 Å². The fourth-order valence-corrected chi connectivity index (χ4v) is 4.00. The maximum absolute atomic E-state index is 12.6. The number of esters is 1. The van der Waals surface area contributed by atoms with E-state index in [1.165, 1.54) is 0 Å². The van der Waals surface area contributed by atoms with Gasteiger partial charge in [0.25, 0.3) is 0 Å². The summed E-state index contributed by atoms with van der Waals surface area (Å²) >= 11 is 0. The van der Waals surface area contributed by atoms with Crippen LogP contribution in [0.4, 0.5) is 0 Å². The first kappa shape index (κ1) is 17.5. The normalized spacial score (nSPS) is 22.8. The monoisotopic (exact) mass is 363 g/mol. The quantitative estimate of drug-likeness (QED) is 0.475. The molecule has 4 rings (SSSR count). The molecule has 1 heterocycles. The third kappa shape index (κ3) is 3.03. The van der Waals surface area contributed by atoms with Gasteiger partial charge in [0.1, 0.15) is 12.6 Å². The van der Waals surface area contributed by atoms with Crippen LogP contribution in [0.1, 0.15) is 25.3 Å². The van der Waals surface area contributed by atoms with Crippen LogP contribution in [0.5, 0.6) is 0 Å². The lowest BCUT2D eigenvalue weighted by atomic mass is 9.85. The van der Waals surface area contributed by atoms with Crippen molar-refractivity contribution in [2.75, 3.05) is 0 Å². The number of likely N-dealkylation sites (tertiary alicyclic amines) is 1. The van der Waals surface area contributed by atoms with Crippen molar-refractivity contribution in [3.05, 3.63) is 60.2 Å². The summed E-state index contributed by atoms with van der Waals surface area (Å²) in [7, 11) is 0. The minimum atomic E-state index is -0.912. The van der Waals surface area contributed by atoms with E-state index < -0.39 is 12.0 Å². The van der Waals surface area contributed by atoms with Crippen LogP contribution in [0.25, 0.3) is 10.8 Å². The summed E-state index contributed by atoms with van der Waals surface area (Å²) in [5.41, 5.74) is 0.894. The zero-order valence-electron chi connectivity index (χ0n) is 15.1. The molecule has 138 valence electrons. The Bertz CT molecular complexity index is 917. The summed E-state index contributed by atoms with van der Waals surface area (Å²) in [5, 5.41) is 2.09. The zero-order valence-corrected chi connectivity index (χ0v) is 15.1. The molecule has 0 spiro atoms. The van der Waals surface area contributed by atoms with E-state index in [0.717, 1.165) is 21.2 Å². The van der Waals surface area contributed by atoms with Gasteiger partial charge in [0, 0.05) is 0 Å². The number of ether oxygens (including phenoxy) is 1. The largest absolute Gasteiger partial charge is 0.459 e. The number of benzene rings is 2. The van der Waals surface area contributed by atoms with Gasteiger partial charge in [-0.1, -0.05) is 54.6 Å². The number of carbonyl (C=O) groups is 3. The summed E-state index contributed by atoms with van der Waals surface area (Å²) in [6.07, 6.45) is 4.98. The third-order valence-electron chi connectivity index (χ3n) is 5.52. The molecule has 5 heteroatoms. The molecular formula is C22H21NO4. The number of fused-ring (bicyclic) bond motifs is 2. The summed E-state index contributed by atoms with van der Waals surface area (Å²) in [6.45, 7) is 1.67. The highest BCUT2D eigenvalue weighted by Gasteiger charge is 2.50. The van der Waals surface area contributed by atoms with Crippen LogP contribution in [0.3, 0.4) is 0 Å². The number of amides is 2. The van der Waals surface area contributed by atoms with Crippen LogP contribution >= 0.6 is 0 Å². The van der Waals surface area contributed by atoms with Gasteiger partial charge in [-0.3, -0.25) is 14.5 Å². The van der Waals surface area contributed by atoms with Gasteiger partial charge >= 0.3 is 5.97 Å². The Labute approximate surface area is 157 Å². The van der Waals surface area contributed by atoms with Crippen LogP contribution < -0.4 is 0 Å². The molecular weight excluding hydrogens is 342 g/mol. The van der Waals surface area contributed by atoms with Gasteiger partial charge in [-0.05, 0) is 36.1 Å². The summed E-state index contributed by atoms with van der Waals surface area (Å²) < 4.78 is 5.46. The Kier molecular flexibility index (Phi) is 4.52. The van der Waals surface area contributed by atoms with Gasteiger partial charge in [-0.15, -0.1) is 0 Å². The smallest absolute Gasteiger partial charge is 0.329 e. The van der Waals surface area contributed by atoms with Crippen molar-refractivity contribution in [2.24, 2.45) is 11.8 Å². The van der Waals surface area contributed by atoms with Crippen molar-refractivity contribution in [2.45, 2.75) is 32.4 Å².